The van der Waals surface area contributed by atoms with Gasteiger partial charge in [0.05, 0.1) is 0 Å². The van der Waals surface area contributed by atoms with E-state index in [0.717, 1.165) is 26.2 Å². The minimum atomic E-state index is -0.398. The smallest absolute Gasteiger partial charge is 0.410 e. The molecule has 4 unspecified atom stereocenters. The summed E-state index contributed by atoms with van der Waals surface area (Å²) < 4.78 is 10.8. The fourth-order valence-electron chi connectivity index (χ4n) is 5.53. The summed E-state index contributed by atoms with van der Waals surface area (Å²) in [5.74, 6) is 0.167. The highest BCUT2D eigenvalue weighted by molar-refractivity contribution is 5.72. The molecule has 4 fully saturated rings. The molecule has 0 radical (unpaired) electrons. The van der Waals surface area contributed by atoms with E-state index in [4.69, 9.17) is 9.47 Å². The lowest BCUT2D eigenvalue weighted by Gasteiger charge is -2.43. The van der Waals surface area contributed by atoms with Gasteiger partial charge in [0.25, 0.3) is 0 Å². The number of hydrogen-bond acceptors (Lipinski definition) is 7. The summed E-state index contributed by atoms with van der Waals surface area (Å²) in [4.78, 5) is 39.7. The SMILES string of the molecule is CC(C)(C)OC(=O)N1CC2CCC(C1)N2.CC(C)=O.CC(C)N1C2CCC1CN(C(=O)OC(C)(C)C)C2. The van der Waals surface area contributed by atoms with Crippen molar-refractivity contribution in [2.45, 2.75) is 136 Å². The summed E-state index contributed by atoms with van der Waals surface area (Å²) in [7, 11) is 0. The van der Waals surface area contributed by atoms with Gasteiger partial charge in [0, 0.05) is 56.4 Å². The van der Waals surface area contributed by atoms with E-state index in [9.17, 15) is 14.4 Å². The number of carbonyl (C=O) groups excluding carboxylic acids is 3. The Bertz CT molecular complexity index is 758. The molecule has 2 amide bonds. The van der Waals surface area contributed by atoms with Crippen molar-refractivity contribution in [1.82, 2.24) is 20.0 Å². The molecular weight excluding hydrogens is 472 g/mol. The number of carbonyl (C=O) groups is 3. The highest BCUT2D eigenvalue weighted by atomic mass is 16.6. The minimum Gasteiger partial charge on any atom is -0.444 e. The van der Waals surface area contributed by atoms with E-state index >= 15 is 0 Å². The van der Waals surface area contributed by atoms with E-state index in [1.54, 1.807) is 0 Å². The quantitative estimate of drug-likeness (QED) is 0.542. The molecule has 4 atom stereocenters. The second kappa shape index (κ2) is 12.8. The second-order valence-electron chi connectivity index (χ2n) is 13.2. The molecule has 4 bridgehead atoms. The largest absolute Gasteiger partial charge is 0.444 e. The number of piperazine rings is 2. The van der Waals surface area contributed by atoms with Gasteiger partial charge in [-0.05, 0) is 94.9 Å². The number of nitrogens with one attached hydrogen (secondary N) is 1. The number of likely N-dealkylation sites (tertiary alicyclic amines) is 2. The van der Waals surface area contributed by atoms with Crippen molar-refractivity contribution < 1.29 is 23.9 Å². The van der Waals surface area contributed by atoms with Gasteiger partial charge in [0.2, 0.25) is 0 Å². The van der Waals surface area contributed by atoms with Gasteiger partial charge in [-0.3, -0.25) is 4.90 Å². The maximum atomic E-state index is 12.1. The monoisotopic (exact) mass is 524 g/mol. The molecule has 37 heavy (non-hydrogen) atoms. The summed E-state index contributed by atoms with van der Waals surface area (Å²) in [6.45, 7) is 22.3. The maximum Gasteiger partial charge on any atom is 0.410 e. The molecule has 1 N–H and O–H groups in total. The molecule has 0 aromatic rings. The number of ether oxygens (including phenoxy) is 2. The number of hydrogen-bond donors (Lipinski definition) is 1. The zero-order chi connectivity index (χ0) is 28.1. The minimum absolute atomic E-state index is 0.150. The Balaban J connectivity index is 0.000000230. The molecule has 4 aliphatic heterocycles. The van der Waals surface area contributed by atoms with E-state index in [1.807, 2.05) is 51.3 Å². The van der Waals surface area contributed by atoms with Crippen LogP contribution in [0, 0.1) is 0 Å². The number of Topliss-reactive ketones (excluding diaryl/α,β-unsaturated/α-hetero) is 1. The maximum absolute atomic E-state index is 12.1. The standard InChI is InChI=1S/C14H26N2O2.C11H20N2O2.C3H6O/c1-10(2)16-11-6-7-12(16)9-15(8-11)13(17)18-14(3,4)5;1-11(2,3)15-10(14)13-6-8-4-5-9(7-13)12-8;1-3(2)4/h10-12H,6-9H2,1-5H3;8-9,12H,4-7H2,1-3H3;1-2H3. The van der Waals surface area contributed by atoms with Crippen molar-refractivity contribution in [2.75, 3.05) is 26.2 Å². The lowest BCUT2D eigenvalue weighted by atomic mass is 10.1. The summed E-state index contributed by atoms with van der Waals surface area (Å²) in [6.07, 6.45) is 4.47. The fourth-order valence-corrected chi connectivity index (χ4v) is 5.53. The van der Waals surface area contributed by atoms with Gasteiger partial charge in [0.1, 0.15) is 17.0 Å². The zero-order valence-electron chi connectivity index (χ0n) is 24.9. The first-order valence-corrected chi connectivity index (χ1v) is 13.9. The van der Waals surface area contributed by atoms with E-state index in [0.29, 0.717) is 30.2 Å². The third kappa shape index (κ3) is 10.4. The third-order valence-corrected chi connectivity index (χ3v) is 6.65. The molecule has 0 aromatic carbocycles. The van der Waals surface area contributed by atoms with Crippen LogP contribution in [0.3, 0.4) is 0 Å². The molecule has 4 heterocycles. The van der Waals surface area contributed by atoms with Crippen LogP contribution in [0.1, 0.15) is 94.9 Å². The first kappa shape index (κ1) is 31.3. The molecule has 9 heteroatoms. The van der Waals surface area contributed by atoms with Crippen LogP contribution >= 0.6 is 0 Å². The van der Waals surface area contributed by atoms with Crippen molar-refractivity contribution >= 4 is 18.0 Å². The van der Waals surface area contributed by atoms with Gasteiger partial charge in [-0.15, -0.1) is 0 Å². The highest BCUT2D eigenvalue weighted by Gasteiger charge is 2.43. The molecule has 4 rings (SSSR count). The molecule has 0 spiro atoms. The highest BCUT2D eigenvalue weighted by Crippen LogP contribution is 2.32. The van der Waals surface area contributed by atoms with Crippen LogP contribution < -0.4 is 5.32 Å². The van der Waals surface area contributed by atoms with Gasteiger partial charge >= 0.3 is 12.2 Å². The Morgan fingerprint density at radius 2 is 1.05 bits per heavy atom. The van der Waals surface area contributed by atoms with E-state index in [1.165, 1.54) is 39.5 Å². The lowest BCUT2D eigenvalue weighted by molar-refractivity contribution is -0.115. The van der Waals surface area contributed by atoms with Crippen LogP contribution in [0.15, 0.2) is 0 Å². The Labute approximate surface area is 224 Å². The number of amides is 2. The van der Waals surface area contributed by atoms with Crippen molar-refractivity contribution in [1.29, 1.82) is 0 Å². The molecule has 4 saturated heterocycles. The van der Waals surface area contributed by atoms with Gasteiger partial charge in [-0.1, -0.05) is 0 Å². The molecule has 0 aliphatic carbocycles. The van der Waals surface area contributed by atoms with Crippen LogP contribution in [0.25, 0.3) is 0 Å². The average molecular weight is 525 g/mol. The number of ketones is 1. The Hall–Kier alpha value is -1.87. The summed E-state index contributed by atoms with van der Waals surface area (Å²) in [6, 6.07) is 2.59. The van der Waals surface area contributed by atoms with Gasteiger partial charge in [-0.25, -0.2) is 9.59 Å². The number of nitrogens with zero attached hydrogens (tertiary/aromatic N) is 3. The topological polar surface area (TPSA) is 91.4 Å². The van der Waals surface area contributed by atoms with Crippen molar-refractivity contribution in [3.05, 3.63) is 0 Å². The second-order valence-corrected chi connectivity index (χ2v) is 13.2. The van der Waals surface area contributed by atoms with Gasteiger partial charge < -0.3 is 29.4 Å². The molecule has 0 aromatic heterocycles. The third-order valence-electron chi connectivity index (χ3n) is 6.65. The predicted molar refractivity (Wildman–Crippen MR) is 146 cm³/mol. The summed E-state index contributed by atoms with van der Waals surface area (Å²) >= 11 is 0. The first-order chi connectivity index (χ1) is 16.9. The molecule has 214 valence electrons. The summed E-state index contributed by atoms with van der Waals surface area (Å²) in [5, 5.41) is 3.49. The number of rotatable bonds is 1. The predicted octanol–water partition coefficient (Wildman–Crippen LogP) is 4.43. The van der Waals surface area contributed by atoms with E-state index < -0.39 is 5.60 Å². The van der Waals surface area contributed by atoms with Crippen LogP contribution in [-0.2, 0) is 14.3 Å². The normalized spacial score (nSPS) is 27.1. The van der Waals surface area contributed by atoms with Crippen LogP contribution in [0.5, 0.6) is 0 Å². The summed E-state index contributed by atoms with van der Waals surface area (Å²) in [5.41, 5.74) is -0.785. The molecular formula is C28H52N4O5. The number of fused-ring (bicyclic) bond motifs is 4. The van der Waals surface area contributed by atoms with Crippen molar-refractivity contribution in [2.24, 2.45) is 0 Å². The fraction of sp³-hybridized carbons (Fsp3) is 0.893. The van der Waals surface area contributed by atoms with Gasteiger partial charge in [0.15, 0.2) is 0 Å². The van der Waals surface area contributed by atoms with E-state index in [-0.39, 0.29) is 23.6 Å². The van der Waals surface area contributed by atoms with Crippen molar-refractivity contribution in [3.63, 3.8) is 0 Å². The Morgan fingerprint density at radius 1 is 0.703 bits per heavy atom. The van der Waals surface area contributed by atoms with Gasteiger partial charge in [-0.2, -0.15) is 0 Å². The van der Waals surface area contributed by atoms with Crippen LogP contribution in [0.2, 0.25) is 0 Å². The average Bonchev–Trinajstić information content (AvgIpc) is 3.20. The van der Waals surface area contributed by atoms with Crippen LogP contribution in [-0.4, -0.2) is 100 Å². The lowest BCUT2D eigenvalue weighted by Crippen LogP contribution is -2.57. The van der Waals surface area contributed by atoms with E-state index in [2.05, 4.69) is 24.1 Å². The molecule has 9 nitrogen and oxygen atoms in total. The zero-order valence-corrected chi connectivity index (χ0v) is 24.9. The first-order valence-electron chi connectivity index (χ1n) is 13.9. The Morgan fingerprint density at radius 3 is 1.38 bits per heavy atom. The Kier molecular flexibility index (Phi) is 10.8. The van der Waals surface area contributed by atoms with Crippen LogP contribution in [0.4, 0.5) is 9.59 Å². The molecule has 4 aliphatic rings. The van der Waals surface area contributed by atoms with Crippen molar-refractivity contribution in [3.8, 4) is 0 Å². The molecule has 0 saturated carbocycles.